The number of hydrogen-bond donors (Lipinski definition) is 0. The van der Waals surface area contributed by atoms with E-state index in [0.29, 0.717) is 11.8 Å². The van der Waals surface area contributed by atoms with E-state index in [2.05, 4.69) is 60.1 Å². The third kappa shape index (κ3) is 4.03. The van der Waals surface area contributed by atoms with Gasteiger partial charge in [0.05, 0.1) is 0 Å². The minimum Gasteiger partial charge on any atom is -0.126 e. The monoisotopic (exact) mass is 384 g/mol. The van der Waals surface area contributed by atoms with Crippen LogP contribution in [0.3, 0.4) is 0 Å². The maximum Gasteiger partial charge on any atom is 0.0335 e. The molecule has 2 aromatic rings. The normalized spacial score (nSPS) is 11.7. The molecule has 0 saturated carbocycles. The van der Waals surface area contributed by atoms with Gasteiger partial charge in [-0.1, -0.05) is 57.4 Å². The molecule has 0 radical (unpaired) electrons. The molecule has 0 aliphatic heterocycles. The van der Waals surface area contributed by atoms with Gasteiger partial charge in [-0.2, -0.15) is 0 Å². The molecule has 0 aliphatic carbocycles. The molecule has 0 aliphatic rings. The van der Waals surface area contributed by atoms with Crippen LogP contribution in [-0.4, -0.2) is 11.8 Å². The predicted octanol–water partition coefficient (Wildman–Crippen LogP) is 6.02. The van der Waals surface area contributed by atoms with Crippen molar-refractivity contribution >= 4 is 39.1 Å². The molecule has 0 unspecified atom stereocenters. The van der Waals surface area contributed by atoms with Crippen molar-refractivity contribution in [1.29, 1.82) is 0 Å². The fraction of sp³-hybridized carbons (Fsp3) is 0.333. The van der Waals surface area contributed by atoms with Gasteiger partial charge in [-0.15, -0.1) is 23.2 Å². The summed E-state index contributed by atoms with van der Waals surface area (Å²) in [5.74, 6) is 1.01. The number of rotatable bonds is 5. The summed E-state index contributed by atoms with van der Waals surface area (Å²) in [6, 6.07) is 14.9. The van der Waals surface area contributed by atoms with Crippen molar-refractivity contribution in [2.75, 3.05) is 11.8 Å². The molecular weight excluding hydrogens is 367 g/mol. The summed E-state index contributed by atoms with van der Waals surface area (Å²) in [4.78, 5) is 0. The van der Waals surface area contributed by atoms with Crippen LogP contribution in [0.2, 0.25) is 0 Å². The molecule has 2 rings (SSSR count). The highest BCUT2D eigenvalue weighted by Crippen LogP contribution is 2.33. The van der Waals surface area contributed by atoms with Gasteiger partial charge in [-0.05, 0) is 43.5 Å². The topological polar surface area (TPSA) is 0 Å². The molecule has 0 atom stereocenters. The second kappa shape index (κ2) is 7.17. The summed E-state index contributed by atoms with van der Waals surface area (Å²) in [5, 5.41) is 0. The molecule has 112 valence electrons. The van der Waals surface area contributed by atoms with E-state index in [-0.39, 0.29) is 5.41 Å². The molecule has 0 N–H and O–H groups in total. The van der Waals surface area contributed by atoms with Crippen molar-refractivity contribution < 1.29 is 0 Å². The van der Waals surface area contributed by atoms with Crippen molar-refractivity contribution in [2.24, 2.45) is 0 Å². The number of benzene rings is 2. The average molecular weight is 386 g/mol. The van der Waals surface area contributed by atoms with Crippen LogP contribution in [0, 0.1) is 13.8 Å². The molecule has 0 bridgehead atoms. The molecule has 0 aromatic heterocycles. The fourth-order valence-corrected chi connectivity index (χ4v) is 3.80. The first kappa shape index (κ1) is 16.9. The fourth-order valence-electron chi connectivity index (χ4n) is 2.75. The molecule has 0 fully saturated rings. The van der Waals surface area contributed by atoms with Crippen LogP contribution in [0.5, 0.6) is 0 Å². The van der Waals surface area contributed by atoms with Crippen LogP contribution in [0.4, 0.5) is 0 Å². The highest BCUT2D eigenvalue weighted by molar-refractivity contribution is 9.10. The number of halogens is 3. The second-order valence-electron chi connectivity index (χ2n) is 5.73. The zero-order valence-electron chi connectivity index (χ0n) is 12.3. The lowest BCUT2D eigenvalue weighted by atomic mass is 9.78. The van der Waals surface area contributed by atoms with Gasteiger partial charge in [-0.3, -0.25) is 0 Å². The van der Waals surface area contributed by atoms with Crippen molar-refractivity contribution in [3.63, 3.8) is 0 Å². The molecule has 3 heteroatoms. The molecule has 0 saturated heterocycles. The second-order valence-corrected chi connectivity index (χ2v) is 7.18. The van der Waals surface area contributed by atoms with Crippen LogP contribution in [0.1, 0.15) is 22.3 Å². The quantitative estimate of drug-likeness (QED) is 0.551. The first-order valence-electron chi connectivity index (χ1n) is 6.94. The van der Waals surface area contributed by atoms with Gasteiger partial charge in [0, 0.05) is 21.6 Å². The van der Waals surface area contributed by atoms with Gasteiger partial charge < -0.3 is 0 Å². The van der Waals surface area contributed by atoms with E-state index in [0.717, 1.165) is 10.9 Å². The van der Waals surface area contributed by atoms with Crippen LogP contribution < -0.4 is 0 Å². The molecular formula is C18H19BrCl2. The van der Waals surface area contributed by atoms with Crippen LogP contribution in [0.25, 0.3) is 0 Å². The lowest BCUT2D eigenvalue weighted by Crippen LogP contribution is -2.33. The Morgan fingerprint density at radius 3 is 1.90 bits per heavy atom. The lowest BCUT2D eigenvalue weighted by molar-refractivity contribution is 0.536. The van der Waals surface area contributed by atoms with E-state index in [1.807, 2.05) is 12.1 Å². The molecule has 2 aromatic carbocycles. The Balaban J connectivity index is 2.40. The zero-order valence-corrected chi connectivity index (χ0v) is 15.4. The summed E-state index contributed by atoms with van der Waals surface area (Å²) in [5.41, 5.74) is 4.80. The molecule has 0 spiro atoms. The van der Waals surface area contributed by atoms with Crippen molar-refractivity contribution in [3.05, 3.63) is 69.2 Å². The standard InChI is InChI=1S/C18H19BrCl2/c1-13-7-14(2)9-15(8-13)10-18(11-20,12-21)16-3-5-17(19)6-4-16/h3-9H,10-12H2,1-2H3. The summed E-state index contributed by atoms with van der Waals surface area (Å²) in [6.07, 6.45) is 0.851. The van der Waals surface area contributed by atoms with E-state index in [1.165, 1.54) is 22.3 Å². The highest BCUT2D eigenvalue weighted by atomic mass is 79.9. The van der Waals surface area contributed by atoms with Gasteiger partial charge in [0.2, 0.25) is 0 Å². The van der Waals surface area contributed by atoms with Gasteiger partial charge in [-0.25, -0.2) is 0 Å². The third-order valence-corrected chi connectivity index (χ3v) is 5.34. The number of hydrogen-bond acceptors (Lipinski definition) is 0. The Hall–Kier alpha value is -0.500. The lowest BCUT2D eigenvalue weighted by Gasteiger charge is -2.31. The van der Waals surface area contributed by atoms with E-state index in [1.54, 1.807) is 0 Å². The predicted molar refractivity (Wildman–Crippen MR) is 96.9 cm³/mol. The van der Waals surface area contributed by atoms with Gasteiger partial charge in [0.1, 0.15) is 0 Å². The SMILES string of the molecule is Cc1cc(C)cc(CC(CCl)(CCl)c2ccc(Br)cc2)c1. The third-order valence-electron chi connectivity index (χ3n) is 3.79. The highest BCUT2D eigenvalue weighted by Gasteiger charge is 2.31. The van der Waals surface area contributed by atoms with E-state index in [9.17, 15) is 0 Å². The molecule has 0 amide bonds. The maximum atomic E-state index is 6.33. The largest absolute Gasteiger partial charge is 0.126 e. The van der Waals surface area contributed by atoms with Crippen LogP contribution in [-0.2, 0) is 11.8 Å². The van der Waals surface area contributed by atoms with Gasteiger partial charge in [0.25, 0.3) is 0 Å². The summed E-state index contributed by atoms with van der Waals surface area (Å²) < 4.78 is 1.07. The Labute approximate surface area is 145 Å². The van der Waals surface area contributed by atoms with Gasteiger partial charge >= 0.3 is 0 Å². The number of aryl methyl sites for hydroxylation is 2. The van der Waals surface area contributed by atoms with E-state index in [4.69, 9.17) is 23.2 Å². The first-order valence-corrected chi connectivity index (χ1v) is 8.80. The van der Waals surface area contributed by atoms with E-state index >= 15 is 0 Å². The minimum absolute atomic E-state index is 0.232. The summed E-state index contributed by atoms with van der Waals surface area (Å²) >= 11 is 16.1. The Bertz CT molecular complexity index is 581. The molecule has 21 heavy (non-hydrogen) atoms. The van der Waals surface area contributed by atoms with Crippen molar-refractivity contribution in [1.82, 2.24) is 0 Å². The van der Waals surface area contributed by atoms with Gasteiger partial charge in [0.15, 0.2) is 0 Å². The van der Waals surface area contributed by atoms with Crippen molar-refractivity contribution in [2.45, 2.75) is 25.7 Å². The summed E-state index contributed by atoms with van der Waals surface area (Å²) in [7, 11) is 0. The maximum absolute atomic E-state index is 6.33. The summed E-state index contributed by atoms with van der Waals surface area (Å²) in [6.45, 7) is 4.25. The number of alkyl halides is 2. The van der Waals surface area contributed by atoms with Crippen LogP contribution >= 0.6 is 39.1 Å². The van der Waals surface area contributed by atoms with Crippen LogP contribution in [0.15, 0.2) is 46.9 Å². The minimum atomic E-state index is -0.232. The van der Waals surface area contributed by atoms with Crippen molar-refractivity contribution in [3.8, 4) is 0 Å². The smallest absolute Gasteiger partial charge is 0.0335 e. The first-order chi connectivity index (χ1) is 9.99. The zero-order chi connectivity index (χ0) is 15.5. The van der Waals surface area contributed by atoms with E-state index < -0.39 is 0 Å². The molecule has 0 heterocycles. The average Bonchev–Trinajstić information content (AvgIpc) is 2.45. The Kier molecular flexibility index (Phi) is 5.76. The Morgan fingerprint density at radius 1 is 0.905 bits per heavy atom. The Morgan fingerprint density at radius 2 is 1.43 bits per heavy atom. The molecule has 0 nitrogen and oxygen atoms in total.